The van der Waals surface area contributed by atoms with E-state index in [1.807, 2.05) is 0 Å². The Balaban J connectivity index is 2.43. The Morgan fingerprint density at radius 1 is 1.31 bits per heavy atom. The van der Waals surface area contributed by atoms with Crippen molar-refractivity contribution in [2.45, 2.75) is 32.7 Å². The van der Waals surface area contributed by atoms with Gasteiger partial charge in [-0.3, -0.25) is 0 Å². The highest BCUT2D eigenvalue weighted by Crippen LogP contribution is 2.32. The quantitative estimate of drug-likeness (QED) is 0.691. The Kier molecular flexibility index (Phi) is 1.92. The fraction of sp³-hybridized carbons (Fsp3) is 0.500. The van der Waals surface area contributed by atoms with E-state index in [0.717, 1.165) is 6.54 Å². The molecular weight excluding hydrogens is 158 g/mol. The van der Waals surface area contributed by atoms with Gasteiger partial charge in [0.2, 0.25) is 0 Å². The normalized spacial score (nSPS) is 27.0. The topological polar surface area (TPSA) is 12.0 Å². The zero-order valence-corrected chi connectivity index (χ0v) is 8.65. The van der Waals surface area contributed by atoms with E-state index in [2.05, 4.69) is 44.3 Å². The van der Waals surface area contributed by atoms with Crippen LogP contribution in [0.25, 0.3) is 0 Å². The molecule has 70 valence electrons. The van der Waals surface area contributed by atoms with Gasteiger partial charge in [0.1, 0.15) is 0 Å². The van der Waals surface area contributed by atoms with E-state index in [1.54, 1.807) is 0 Å². The summed E-state index contributed by atoms with van der Waals surface area (Å²) in [6, 6.07) is 6.71. The number of hydrogen-bond donors (Lipinski definition) is 1. The van der Waals surface area contributed by atoms with E-state index in [1.165, 1.54) is 23.1 Å². The third-order valence-electron chi connectivity index (χ3n) is 3.13. The summed E-state index contributed by atoms with van der Waals surface area (Å²) in [6.45, 7) is 7.80. The van der Waals surface area contributed by atoms with Gasteiger partial charge in [0.25, 0.3) is 0 Å². The fourth-order valence-corrected chi connectivity index (χ4v) is 2.06. The van der Waals surface area contributed by atoms with Crippen LogP contribution in [0.2, 0.25) is 0 Å². The minimum absolute atomic E-state index is 0.246. The summed E-state index contributed by atoms with van der Waals surface area (Å²) in [6.07, 6.45) is 1.26. The Bertz CT molecular complexity index is 324. The minimum Gasteiger partial charge on any atom is -0.307 e. The van der Waals surface area contributed by atoms with Gasteiger partial charge in [-0.2, -0.15) is 0 Å². The molecule has 1 heterocycles. The number of hydrogen-bond acceptors (Lipinski definition) is 1. The molecule has 1 aliphatic rings. The lowest BCUT2D eigenvalue weighted by atomic mass is 9.80. The van der Waals surface area contributed by atoms with Crippen LogP contribution in [-0.4, -0.2) is 6.54 Å². The molecule has 0 bridgehead atoms. The van der Waals surface area contributed by atoms with Gasteiger partial charge in [-0.05, 0) is 44.9 Å². The molecule has 2 rings (SSSR count). The van der Waals surface area contributed by atoms with Crippen molar-refractivity contribution in [1.82, 2.24) is 5.32 Å². The lowest BCUT2D eigenvalue weighted by Gasteiger charge is -2.41. The van der Waals surface area contributed by atoms with Gasteiger partial charge >= 0.3 is 0 Å². The highest BCUT2D eigenvalue weighted by atomic mass is 15.0. The molecule has 1 fully saturated rings. The second kappa shape index (κ2) is 2.85. The van der Waals surface area contributed by atoms with Gasteiger partial charge in [-0.25, -0.2) is 0 Å². The number of nitrogens with one attached hydrogen (secondary N) is 1. The summed E-state index contributed by atoms with van der Waals surface area (Å²) >= 11 is 0. The Hall–Kier alpha value is -0.820. The molecule has 0 aliphatic carbocycles. The second-order valence-electron chi connectivity index (χ2n) is 4.33. The van der Waals surface area contributed by atoms with Crippen molar-refractivity contribution in [2.75, 3.05) is 6.54 Å². The van der Waals surface area contributed by atoms with Gasteiger partial charge in [-0.15, -0.1) is 0 Å². The number of aryl methyl sites for hydroxylation is 2. The van der Waals surface area contributed by atoms with E-state index >= 15 is 0 Å². The molecule has 1 saturated heterocycles. The van der Waals surface area contributed by atoms with Gasteiger partial charge in [0.05, 0.1) is 0 Å². The summed E-state index contributed by atoms with van der Waals surface area (Å²) in [4.78, 5) is 0. The summed E-state index contributed by atoms with van der Waals surface area (Å²) < 4.78 is 0. The van der Waals surface area contributed by atoms with E-state index in [4.69, 9.17) is 0 Å². The van der Waals surface area contributed by atoms with Crippen LogP contribution in [0.4, 0.5) is 0 Å². The molecule has 0 aromatic heterocycles. The molecule has 1 aliphatic heterocycles. The first-order valence-corrected chi connectivity index (χ1v) is 4.95. The molecular formula is C12H17N. The summed E-state index contributed by atoms with van der Waals surface area (Å²) in [5.41, 5.74) is 4.48. The van der Waals surface area contributed by atoms with Crippen LogP contribution in [0.5, 0.6) is 0 Å². The standard InChI is InChI=1S/C12H17N/c1-9-4-5-10(2)11(8-9)12(3)6-7-13-12/h4-5,8,13H,6-7H2,1-3H3. The minimum atomic E-state index is 0.246. The van der Waals surface area contributed by atoms with Crippen LogP contribution in [0.3, 0.4) is 0 Å². The predicted molar refractivity (Wildman–Crippen MR) is 55.9 cm³/mol. The van der Waals surface area contributed by atoms with Crippen LogP contribution in [-0.2, 0) is 5.54 Å². The molecule has 1 N–H and O–H groups in total. The maximum absolute atomic E-state index is 3.51. The highest BCUT2D eigenvalue weighted by molar-refractivity contribution is 5.37. The third kappa shape index (κ3) is 1.37. The summed E-state index contributed by atoms with van der Waals surface area (Å²) in [5.74, 6) is 0. The monoisotopic (exact) mass is 175 g/mol. The molecule has 0 radical (unpaired) electrons. The Labute approximate surface area is 80.2 Å². The maximum Gasteiger partial charge on any atom is 0.0420 e. The van der Waals surface area contributed by atoms with E-state index in [9.17, 15) is 0 Å². The van der Waals surface area contributed by atoms with Gasteiger partial charge in [0, 0.05) is 5.54 Å². The SMILES string of the molecule is Cc1ccc(C)c(C2(C)CCN2)c1. The van der Waals surface area contributed by atoms with Crippen LogP contribution < -0.4 is 5.32 Å². The maximum atomic E-state index is 3.51. The Morgan fingerprint density at radius 3 is 2.54 bits per heavy atom. The molecule has 1 nitrogen and oxygen atoms in total. The third-order valence-corrected chi connectivity index (χ3v) is 3.13. The van der Waals surface area contributed by atoms with Crippen LogP contribution >= 0.6 is 0 Å². The summed E-state index contributed by atoms with van der Waals surface area (Å²) in [7, 11) is 0. The smallest absolute Gasteiger partial charge is 0.0420 e. The molecule has 13 heavy (non-hydrogen) atoms. The first-order valence-electron chi connectivity index (χ1n) is 4.95. The molecule has 0 amide bonds. The van der Waals surface area contributed by atoms with Crippen molar-refractivity contribution in [1.29, 1.82) is 0 Å². The van der Waals surface area contributed by atoms with Gasteiger partial charge in [0.15, 0.2) is 0 Å². The van der Waals surface area contributed by atoms with Crippen LogP contribution in [0.15, 0.2) is 18.2 Å². The van der Waals surface area contributed by atoms with Crippen molar-refractivity contribution in [2.24, 2.45) is 0 Å². The van der Waals surface area contributed by atoms with Crippen molar-refractivity contribution < 1.29 is 0 Å². The van der Waals surface area contributed by atoms with Gasteiger partial charge < -0.3 is 5.32 Å². The molecule has 1 heteroatoms. The largest absolute Gasteiger partial charge is 0.307 e. The lowest BCUT2D eigenvalue weighted by Crippen LogP contribution is -2.52. The number of benzene rings is 1. The average Bonchev–Trinajstić information content (AvgIpc) is 2.05. The fourth-order valence-electron chi connectivity index (χ4n) is 2.06. The van der Waals surface area contributed by atoms with E-state index in [-0.39, 0.29) is 5.54 Å². The predicted octanol–water partition coefficient (Wildman–Crippen LogP) is 2.51. The average molecular weight is 175 g/mol. The first kappa shape index (κ1) is 8.76. The number of rotatable bonds is 1. The van der Waals surface area contributed by atoms with Gasteiger partial charge in [-0.1, -0.05) is 23.8 Å². The molecule has 0 saturated carbocycles. The van der Waals surface area contributed by atoms with Crippen molar-refractivity contribution in [3.63, 3.8) is 0 Å². The Morgan fingerprint density at radius 2 is 2.00 bits per heavy atom. The van der Waals surface area contributed by atoms with Crippen LogP contribution in [0.1, 0.15) is 30.0 Å². The van der Waals surface area contributed by atoms with E-state index < -0.39 is 0 Å². The zero-order chi connectivity index (χ0) is 9.47. The zero-order valence-electron chi connectivity index (χ0n) is 8.65. The highest BCUT2D eigenvalue weighted by Gasteiger charge is 2.33. The molecule has 1 aromatic carbocycles. The lowest BCUT2D eigenvalue weighted by molar-refractivity contribution is 0.235. The van der Waals surface area contributed by atoms with Crippen molar-refractivity contribution in [3.05, 3.63) is 34.9 Å². The molecule has 1 atom stereocenters. The first-order chi connectivity index (χ1) is 6.12. The molecule has 1 aromatic rings. The van der Waals surface area contributed by atoms with E-state index in [0.29, 0.717) is 0 Å². The van der Waals surface area contributed by atoms with Crippen molar-refractivity contribution >= 4 is 0 Å². The van der Waals surface area contributed by atoms with Crippen LogP contribution in [0, 0.1) is 13.8 Å². The molecule has 1 unspecified atom stereocenters. The second-order valence-corrected chi connectivity index (χ2v) is 4.33. The van der Waals surface area contributed by atoms with Crippen molar-refractivity contribution in [3.8, 4) is 0 Å². The summed E-state index contributed by atoms with van der Waals surface area (Å²) in [5, 5.41) is 3.51. The molecule has 0 spiro atoms.